The van der Waals surface area contributed by atoms with Crippen LogP contribution in [0.2, 0.25) is 0 Å². The lowest BCUT2D eigenvalue weighted by Gasteiger charge is -2.17. The summed E-state index contributed by atoms with van der Waals surface area (Å²) in [5, 5.41) is 32.2. The second-order valence-corrected chi connectivity index (χ2v) is 6.73. The molecule has 12 heteroatoms. The highest BCUT2D eigenvalue weighted by Crippen LogP contribution is 2.33. The van der Waals surface area contributed by atoms with Crippen molar-refractivity contribution in [3.8, 4) is 5.88 Å². The number of amides is 1. The van der Waals surface area contributed by atoms with Crippen LogP contribution in [-0.2, 0) is 16.1 Å². The molecule has 1 aliphatic rings. The predicted molar refractivity (Wildman–Crippen MR) is 101 cm³/mol. The minimum atomic E-state index is -1.32. The Morgan fingerprint density at radius 3 is 2.70 bits per heavy atom. The van der Waals surface area contributed by atoms with Crippen LogP contribution < -0.4 is 10.1 Å². The number of hydrogen-bond acceptors (Lipinski definition) is 10. The minimum Gasteiger partial charge on any atom is -0.471 e. The van der Waals surface area contributed by atoms with Crippen molar-refractivity contribution >= 4 is 23.0 Å². The average Bonchev–Trinajstić information content (AvgIpc) is 3.27. The third-order valence-electron chi connectivity index (χ3n) is 4.59. The van der Waals surface area contributed by atoms with Crippen molar-refractivity contribution in [2.45, 2.75) is 38.1 Å². The summed E-state index contributed by atoms with van der Waals surface area (Å²) in [6.45, 7) is 1.02. The molecule has 3 aromatic heterocycles. The van der Waals surface area contributed by atoms with Crippen molar-refractivity contribution in [1.29, 1.82) is 0 Å². The molecule has 0 aromatic carbocycles. The van der Waals surface area contributed by atoms with Gasteiger partial charge in [0.25, 0.3) is 0 Å². The van der Waals surface area contributed by atoms with Crippen LogP contribution in [-0.4, -0.2) is 70.6 Å². The van der Waals surface area contributed by atoms with Gasteiger partial charge >= 0.3 is 0 Å². The van der Waals surface area contributed by atoms with E-state index < -0.39 is 31.1 Å². The summed E-state index contributed by atoms with van der Waals surface area (Å²) in [5.74, 6) is -0.285. The lowest BCUT2D eigenvalue weighted by atomic mass is 10.1. The first-order chi connectivity index (χ1) is 14.5. The Labute approximate surface area is 170 Å². The number of nitrogens with one attached hydrogen (secondary N) is 1. The largest absolute Gasteiger partial charge is 0.471 e. The molecule has 1 fully saturated rings. The minimum absolute atomic E-state index is 0.0202. The first-order valence-electron chi connectivity index (χ1n) is 9.14. The predicted octanol–water partition coefficient (Wildman–Crippen LogP) is -0.630. The van der Waals surface area contributed by atoms with Crippen LogP contribution in [0.1, 0.15) is 18.7 Å². The molecule has 0 spiro atoms. The van der Waals surface area contributed by atoms with Crippen molar-refractivity contribution in [2.24, 2.45) is 0 Å². The van der Waals surface area contributed by atoms with Gasteiger partial charge in [0, 0.05) is 19.3 Å². The third-order valence-corrected chi connectivity index (χ3v) is 4.59. The number of aromatic nitrogens is 5. The van der Waals surface area contributed by atoms with Gasteiger partial charge in [-0.3, -0.25) is 19.7 Å². The molecule has 0 unspecified atom stereocenters. The van der Waals surface area contributed by atoms with Gasteiger partial charge in [-0.05, 0) is 17.7 Å². The standard InChI is InChI=1S/C18H20N6O6/c1-9(26)21-18-22-15-12(16(23-18)29-7-10-2-4-19-5-3-10)20-8-24(15)17-14(28)13(27)11(6-25)30-17/h2-5,8,11,13-14,17,25,27-28H,6-7H2,1H3,(H,21,22,23,26)/t11-,13-,14-,17-/m1/s1. The van der Waals surface area contributed by atoms with Gasteiger partial charge in [0.2, 0.25) is 17.7 Å². The second kappa shape index (κ2) is 8.28. The van der Waals surface area contributed by atoms with Crippen molar-refractivity contribution in [2.75, 3.05) is 11.9 Å². The number of fused-ring (bicyclic) bond motifs is 1. The number of aliphatic hydroxyl groups excluding tert-OH is 3. The number of carbonyl (C=O) groups is 1. The Morgan fingerprint density at radius 1 is 1.27 bits per heavy atom. The van der Waals surface area contributed by atoms with Gasteiger partial charge in [-0.25, -0.2) is 4.98 Å². The third kappa shape index (κ3) is 3.80. The molecular weight excluding hydrogens is 396 g/mol. The molecule has 30 heavy (non-hydrogen) atoms. The number of ether oxygens (including phenoxy) is 2. The van der Waals surface area contributed by atoms with E-state index in [0.717, 1.165) is 5.56 Å². The summed E-state index contributed by atoms with van der Waals surface area (Å²) >= 11 is 0. The van der Waals surface area contributed by atoms with E-state index in [1.807, 2.05) is 0 Å². The van der Waals surface area contributed by atoms with E-state index >= 15 is 0 Å². The maximum Gasteiger partial charge on any atom is 0.247 e. The van der Waals surface area contributed by atoms with Crippen LogP contribution in [0, 0.1) is 0 Å². The van der Waals surface area contributed by atoms with Crippen LogP contribution in [0.15, 0.2) is 30.9 Å². The maximum atomic E-state index is 11.5. The van der Waals surface area contributed by atoms with E-state index in [0.29, 0.717) is 0 Å². The van der Waals surface area contributed by atoms with E-state index in [9.17, 15) is 20.1 Å². The molecule has 0 saturated carbocycles. The van der Waals surface area contributed by atoms with Gasteiger partial charge in [0.05, 0.1) is 12.9 Å². The van der Waals surface area contributed by atoms with Crippen LogP contribution in [0.3, 0.4) is 0 Å². The zero-order valence-electron chi connectivity index (χ0n) is 15.9. The highest BCUT2D eigenvalue weighted by Gasteiger charge is 2.44. The highest BCUT2D eigenvalue weighted by molar-refractivity contribution is 5.88. The zero-order valence-corrected chi connectivity index (χ0v) is 15.9. The molecule has 4 atom stereocenters. The molecule has 12 nitrogen and oxygen atoms in total. The number of hydrogen-bond donors (Lipinski definition) is 4. The Bertz CT molecular complexity index is 1040. The summed E-state index contributed by atoms with van der Waals surface area (Å²) in [7, 11) is 0. The van der Waals surface area contributed by atoms with Crippen molar-refractivity contribution in [3.63, 3.8) is 0 Å². The Kier molecular flexibility index (Phi) is 5.55. The second-order valence-electron chi connectivity index (χ2n) is 6.73. The molecule has 3 aromatic rings. The smallest absolute Gasteiger partial charge is 0.247 e. The van der Waals surface area contributed by atoms with Crippen LogP contribution in [0.4, 0.5) is 5.95 Å². The fraction of sp³-hybridized carbons (Fsp3) is 0.389. The number of nitrogens with zero attached hydrogens (tertiary/aromatic N) is 5. The van der Waals surface area contributed by atoms with E-state index in [2.05, 4.69) is 25.3 Å². The molecule has 4 rings (SSSR count). The van der Waals surface area contributed by atoms with Crippen LogP contribution >= 0.6 is 0 Å². The number of pyridine rings is 1. The van der Waals surface area contributed by atoms with Crippen molar-refractivity contribution in [3.05, 3.63) is 36.4 Å². The van der Waals surface area contributed by atoms with Gasteiger partial charge in [-0.15, -0.1) is 0 Å². The average molecular weight is 416 g/mol. The van der Waals surface area contributed by atoms with Crippen molar-refractivity contribution < 1.29 is 29.6 Å². The normalized spacial score (nSPS) is 23.6. The summed E-state index contributed by atoms with van der Waals surface area (Å²) in [4.78, 5) is 28.2. The number of imidazole rings is 1. The van der Waals surface area contributed by atoms with Gasteiger partial charge in [-0.1, -0.05) is 0 Å². The maximum absolute atomic E-state index is 11.5. The summed E-state index contributed by atoms with van der Waals surface area (Å²) < 4.78 is 12.7. The molecule has 0 bridgehead atoms. The van der Waals surface area contributed by atoms with Crippen LogP contribution in [0.5, 0.6) is 5.88 Å². The topological polar surface area (TPSA) is 165 Å². The van der Waals surface area contributed by atoms with Gasteiger partial charge in [-0.2, -0.15) is 9.97 Å². The summed E-state index contributed by atoms with van der Waals surface area (Å²) in [5.41, 5.74) is 1.34. The van der Waals surface area contributed by atoms with E-state index in [1.165, 1.54) is 17.8 Å². The fourth-order valence-electron chi connectivity index (χ4n) is 3.13. The number of rotatable bonds is 6. The summed E-state index contributed by atoms with van der Waals surface area (Å²) in [6, 6.07) is 3.57. The first-order valence-corrected chi connectivity index (χ1v) is 9.14. The van der Waals surface area contributed by atoms with E-state index in [4.69, 9.17) is 9.47 Å². The monoisotopic (exact) mass is 416 g/mol. The fourth-order valence-corrected chi connectivity index (χ4v) is 3.13. The van der Waals surface area contributed by atoms with Gasteiger partial charge in [0.15, 0.2) is 17.4 Å². The van der Waals surface area contributed by atoms with Crippen molar-refractivity contribution in [1.82, 2.24) is 24.5 Å². The quantitative estimate of drug-likeness (QED) is 0.406. The number of carbonyl (C=O) groups excluding carboxylic acids is 1. The molecule has 4 N–H and O–H groups in total. The molecule has 1 amide bonds. The van der Waals surface area contributed by atoms with Gasteiger partial charge in [0.1, 0.15) is 24.9 Å². The van der Waals surface area contributed by atoms with Gasteiger partial charge < -0.3 is 24.8 Å². The van der Waals surface area contributed by atoms with E-state index in [1.54, 1.807) is 24.5 Å². The lowest BCUT2D eigenvalue weighted by molar-refractivity contribution is -0.114. The zero-order chi connectivity index (χ0) is 21.3. The summed E-state index contributed by atoms with van der Waals surface area (Å²) in [6.07, 6.45) is 0.0189. The molecule has 1 aliphatic heterocycles. The molecule has 0 aliphatic carbocycles. The first kappa shape index (κ1) is 20.1. The molecule has 1 saturated heterocycles. The molecular formula is C18H20N6O6. The Morgan fingerprint density at radius 2 is 2.03 bits per heavy atom. The van der Waals surface area contributed by atoms with Crippen LogP contribution in [0.25, 0.3) is 11.2 Å². The van der Waals surface area contributed by atoms with E-state index in [-0.39, 0.29) is 35.5 Å². The molecule has 4 heterocycles. The Hall–Kier alpha value is -3.19. The molecule has 0 radical (unpaired) electrons. The number of anilines is 1. The molecule has 158 valence electrons. The Balaban J connectivity index is 1.72. The number of aliphatic hydroxyl groups is 3. The SMILES string of the molecule is CC(=O)Nc1nc(OCc2ccncc2)c2ncn([C@@H]3O[C@H](CO)[C@@H](O)[C@H]3O)c2n1. The lowest BCUT2D eigenvalue weighted by Crippen LogP contribution is -2.33. The highest BCUT2D eigenvalue weighted by atomic mass is 16.6.